The number of fused-ring (bicyclic) bond motifs is 1. The number of benzene rings is 1. The Hall–Kier alpha value is -2.68. The molecule has 1 atom stereocenters. The van der Waals surface area contributed by atoms with Gasteiger partial charge in [-0.1, -0.05) is 6.07 Å². The molecule has 1 aromatic carbocycles. The van der Waals surface area contributed by atoms with Gasteiger partial charge >= 0.3 is 0 Å². The monoisotopic (exact) mass is 322 g/mol. The summed E-state index contributed by atoms with van der Waals surface area (Å²) >= 11 is 0. The summed E-state index contributed by atoms with van der Waals surface area (Å²) in [6.07, 6.45) is 3.09. The summed E-state index contributed by atoms with van der Waals surface area (Å²) in [4.78, 5) is 4.44. The van der Waals surface area contributed by atoms with Crippen molar-refractivity contribution in [3.8, 4) is 11.8 Å². The molecule has 0 fully saturated rings. The average molecular weight is 322 g/mol. The molecule has 0 saturated heterocycles. The van der Waals surface area contributed by atoms with E-state index in [4.69, 9.17) is 14.2 Å². The molecule has 1 aromatic heterocycles. The zero-order valence-electron chi connectivity index (χ0n) is 13.8. The molecule has 1 aliphatic rings. The quantitative estimate of drug-likeness (QED) is 0.809. The molecule has 0 spiro atoms. The molecular formula is C19H18N2O3. The summed E-state index contributed by atoms with van der Waals surface area (Å²) in [5, 5.41) is 9.20. The van der Waals surface area contributed by atoms with Gasteiger partial charge in [-0.3, -0.25) is 4.98 Å². The number of aromatic nitrogens is 1. The van der Waals surface area contributed by atoms with E-state index in [1.165, 1.54) is 0 Å². The Morgan fingerprint density at radius 3 is 2.62 bits per heavy atom. The Balaban J connectivity index is 2.20. The van der Waals surface area contributed by atoms with Crippen molar-refractivity contribution in [1.82, 2.24) is 4.98 Å². The molecule has 3 rings (SSSR count). The van der Waals surface area contributed by atoms with Crippen molar-refractivity contribution in [1.29, 1.82) is 5.26 Å². The molecule has 122 valence electrons. The van der Waals surface area contributed by atoms with Gasteiger partial charge in [0, 0.05) is 31.6 Å². The van der Waals surface area contributed by atoms with E-state index >= 15 is 0 Å². The minimum atomic E-state index is -0.822. The molecule has 5 nitrogen and oxygen atoms in total. The number of methoxy groups -OCH3 is 2. The number of rotatable bonds is 4. The molecule has 1 aliphatic heterocycles. The third-order valence-corrected chi connectivity index (χ3v) is 4.00. The Kier molecular flexibility index (Phi) is 4.34. The van der Waals surface area contributed by atoms with E-state index in [-0.39, 0.29) is 0 Å². The van der Waals surface area contributed by atoms with Crippen molar-refractivity contribution >= 4 is 5.57 Å². The molecule has 0 saturated carbocycles. The van der Waals surface area contributed by atoms with Crippen molar-refractivity contribution in [2.75, 3.05) is 14.2 Å². The second-order valence-electron chi connectivity index (χ2n) is 5.68. The summed E-state index contributed by atoms with van der Waals surface area (Å²) < 4.78 is 17.0. The largest absolute Gasteiger partial charge is 0.477 e. The number of nitrogens with zero attached hydrogens (tertiary/aromatic N) is 2. The molecule has 24 heavy (non-hydrogen) atoms. The van der Waals surface area contributed by atoms with Gasteiger partial charge < -0.3 is 14.2 Å². The highest BCUT2D eigenvalue weighted by molar-refractivity contribution is 5.83. The number of ether oxygens (including phenoxy) is 3. The summed E-state index contributed by atoms with van der Waals surface area (Å²) in [5.74, 6) is 0.666. The molecule has 5 heteroatoms. The van der Waals surface area contributed by atoms with Gasteiger partial charge in [0.25, 0.3) is 0 Å². The summed E-state index contributed by atoms with van der Waals surface area (Å²) in [5.41, 5.74) is 2.26. The maximum Gasteiger partial charge on any atom is 0.200 e. The number of hydrogen-bond donors (Lipinski definition) is 0. The van der Waals surface area contributed by atoms with Gasteiger partial charge in [0.2, 0.25) is 6.29 Å². The SMILES string of the molecule is COC(OC)C1(C)C=C(c2ccccn2)c2cc(C#N)ccc2O1. The van der Waals surface area contributed by atoms with E-state index in [0.717, 1.165) is 16.8 Å². The molecule has 0 aliphatic carbocycles. The van der Waals surface area contributed by atoms with Gasteiger partial charge in [-0.15, -0.1) is 0 Å². The smallest absolute Gasteiger partial charge is 0.200 e. The molecule has 2 aromatic rings. The van der Waals surface area contributed by atoms with E-state index < -0.39 is 11.9 Å². The lowest BCUT2D eigenvalue weighted by molar-refractivity contribution is -0.180. The van der Waals surface area contributed by atoms with E-state index in [1.807, 2.05) is 37.3 Å². The molecule has 0 radical (unpaired) electrons. The van der Waals surface area contributed by atoms with Crippen LogP contribution in [0.3, 0.4) is 0 Å². The van der Waals surface area contributed by atoms with Crippen LogP contribution in [0.2, 0.25) is 0 Å². The van der Waals surface area contributed by atoms with Gasteiger partial charge in [-0.05, 0) is 43.3 Å². The second-order valence-corrected chi connectivity index (χ2v) is 5.68. The Morgan fingerprint density at radius 1 is 1.21 bits per heavy atom. The van der Waals surface area contributed by atoms with Crippen molar-refractivity contribution in [3.63, 3.8) is 0 Å². The van der Waals surface area contributed by atoms with E-state index in [0.29, 0.717) is 11.3 Å². The highest BCUT2D eigenvalue weighted by Gasteiger charge is 2.40. The van der Waals surface area contributed by atoms with E-state index in [9.17, 15) is 5.26 Å². The highest BCUT2D eigenvalue weighted by atomic mass is 16.7. The predicted molar refractivity (Wildman–Crippen MR) is 89.3 cm³/mol. The van der Waals surface area contributed by atoms with Gasteiger partial charge in [0.1, 0.15) is 5.75 Å². The molecule has 0 N–H and O–H groups in total. The minimum Gasteiger partial charge on any atom is -0.477 e. The van der Waals surface area contributed by atoms with Gasteiger partial charge in [-0.2, -0.15) is 5.26 Å². The predicted octanol–water partition coefficient (Wildman–Crippen LogP) is 3.15. The first-order valence-electron chi connectivity index (χ1n) is 7.54. The maximum atomic E-state index is 9.20. The summed E-state index contributed by atoms with van der Waals surface area (Å²) in [6, 6.07) is 13.2. The van der Waals surface area contributed by atoms with Crippen LogP contribution in [-0.2, 0) is 9.47 Å². The number of hydrogen-bond acceptors (Lipinski definition) is 5. The van der Waals surface area contributed by atoms with Crippen molar-refractivity contribution in [2.45, 2.75) is 18.8 Å². The molecule has 2 heterocycles. The average Bonchev–Trinajstić information content (AvgIpc) is 2.62. The standard InChI is InChI=1S/C19H18N2O3/c1-19(18(22-2)23-3)11-15(16-6-4-5-9-21-16)14-10-13(12-20)7-8-17(14)24-19/h4-11,18H,1-3H3. The fourth-order valence-electron chi connectivity index (χ4n) is 2.94. The first kappa shape index (κ1) is 16.2. The first-order chi connectivity index (χ1) is 11.6. The maximum absolute atomic E-state index is 9.20. The van der Waals surface area contributed by atoms with Crippen LogP contribution in [0, 0.1) is 11.3 Å². The van der Waals surface area contributed by atoms with Crippen LogP contribution in [-0.4, -0.2) is 31.1 Å². The molecule has 0 bridgehead atoms. The fraction of sp³-hybridized carbons (Fsp3) is 0.263. The molecular weight excluding hydrogens is 304 g/mol. The minimum absolute atomic E-state index is 0.567. The van der Waals surface area contributed by atoms with Crippen LogP contribution in [0.1, 0.15) is 23.7 Å². The number of pyridine rings is 1. The van der Waals surface area contributed by atoms with Crippen LogP contribution < -0.4 is 4.74 Å². The van der Waals surface area contributed by atoms with E-state index in [1.54, 1.807) is 32.5 Å². The summed E-state index contributed by atoms with van der Waals surface area (Å²) in [7, 11) is 3.15. The zero-order valence-corrected chi connectivity index (χ0v) is 13.8. The Labute approximate surface area is 141 Å². The third-order valence-electron chi connectivity index (χ3n) is 4.00. The molecule has 1 unspecified atom stereocenters. The van der Waals surface area contributed by atoms with Gasteiger partial charge in [0.15, 0.2) is 5.60 Å². The van der Waals surface area contributed by atoms with E-state index in [2.05, 4.69) is 11.1 Å². The van der Waals surface area contributed by atoms with Crippen molar-refractivity contribution in [3.05, 3.63) is 65.5 Å². The lowest BCUT2D eigenvalue weighted by atomic mass is 9.90. The van der Waals surface area contributed by atoms with Crippen molar-refractivity contribution < 1.29 is 14.2 Å². The Morgan fingerprint density at radius 2 is 2.00 bits per heavy atom. The van der Waals surface area contributed by atoms with Crippen LogP contribution in [0.15, 0.2) is 48.7 Å². The van der Waals surface area contributed by atoms with Gasteiger partial charge in [0.05, 0.1) is 17.3 Å². The van der Waals surface area contributed by atoms with Crippen LogP contribution in [0.5, 0.6) is 5.75 Å². The third kappa shape index (κ3) is 2.78. The second kappa shape index (κ2) is 6.44. The van der Waals surface area contributed by atoms with Gasteiger partial charge in [-0.25, -0.2) is 0 Å². The lowest BCUT2D eigenvalue weighted by Crippen LogP contribution is -2.47. The normalized spacial score (nSPS) is 19.2. The number of nitriles is 1. The van der Waals surface area contributed by atoms with Crippen LogP contribution in [0.4, 0.5) is 0 Å². The van der Waals surface area contributed by atoms with Crippen molar-refractivity contribution in [2.24, 2.45) is 0 Å². The zero-order chi connectivity index (χ0) is 17.2. The lowest BCUT2D eigenvalue weighted by Gasteiger charge is -2.38. The highest BCUT2D eigenvalue weighted by Crippen LogP contribution is 2.41. The summed E-state index contributed by atoms with van der Waals surface area (Å²) in [6.45, 7) is 1.90. The fourth-order valence-corrected chi connectivity index (χ4v) is 2.94. The Bertz CT molecular complexity index is 807. The first-order valence-corrected chi connectivity index (χ1v) is 7.54. The van der Waals surface area contributed by atoms with Crippen LogP contribution in [0.25, 0.3) is 5.57 Å². The van der Waals surface area contributed by atoms with Crippen LogP contribution >= 0.6 is 0 Å². The molecule has 0 amide bonds. The topological polar surface area (TPSA) is 64.4 Å².